The molecular formula is C14H25NO. The zero-order valence-electron chi connectivity index (χ0n) is 10.7. The first-order chi connectivity index (χ1) is 7.86. The SMILES string of the molecule is CCCCC(CCc1ccco1)NCCC. The molecule has 0 amide bonds. The maximum Gasteiger partial charge on any atom is 0.103 e. The van der Waals surface area contributed by atoms with Crippen molar-refractivity contribution in [1.29, 1.82) is 0 Å². The van der Waals surface area contributed by atoms with Crippen molar-refractivity contribution in [2.75, 3.05) is 6.54 Å². The van der Waals surface area contributed by atoms with Gasteiger partial charge in [0.2, 0.25) is 0 Å². The molecule has 1 aromatic rings. The maximum absolute atomic E-state index is 5.37. The fraction of sp³-hybridized carbons (Fsp3) is 0.714. The average Bonchev–Trinajstić information content (AvgIpc) is 2.81. The highest BCUT2D eigenvalue weighted by Crippen LogP contribution is 2.10. The van der Waals surface area contributed by atoms with E-state index in [1.165, 1.54) is 32.1 Å². The Balaban J connectivity index is 2.25. The van der Waals surface area contributed by atoms with Gasteiger partial charge in [0.15, 0.2) is 0 Å². The Bertz CT molecular complexity index is 235. The fourth-order valence-electron chi connectivity index (χ4n) is 1.92. The largest absolute Gasteiger partial charge is 0.469 e. The van der Waals surface area contributed by atoms with Gasteiger partial charge in [-0.25, -0.2) is 0 Å². The first-order valence-electron chi connectivity index (χ1n) is 6.62. The van der Waals surface area contributed by atoms with Gasteiger partial charge >= 0.3 is 0 Å². The highest BCUT2D eigenvalue weighted by Gasteiger charge is 2.08. The smallest absolute Gasteiger partial charge is 0.103 e. The van der Waals surface area contributed by atoms with Gasteiger partial charge in [-0.1, -0.05) is 26.7 Å². The molecule has 1 rings (SSSR count). The Labute approximate surface area is 99.4 Å². The van der Waals surface area contributed by atoms with Gasteiger partial charge in [-0.05, 0) is 37.9 Å². The van der Waals surface area contributed by atoms with Gasteiger partial charge in [0, 0.05) is 12.5 Å². The van der Waals surface area contributed by atoms with Crippen molar-refractivity contribution in [3.8, 4) is 0 Å². The van der Waals surface area contributed by atoms with Crippen molar-refractivity contribution >= 4 is 0 Å². The lowest BCUT2D eigenvalue weighted by atomic mass is 10.0. The van der Waals surface area contributed by atoms with Crippen molar-refractivity contribution in [2.24, 2.45) is 0 Å². The average molecular weight is 223 g/mol. The number of unbranched alkanes of at least 4 members (excludes halogenated alkanes) is 1. The molecule has 0 saturated heterocycles. The summed E-state index contributed by atoms with van der Waals surface area (Å²) in [5, 5.41) is 3.62. The van der Waals surface area contributed by atoms with Crippen LogP contribution in [0.5, 0.6) is 0 Å². The molecule has 0 bridgehead atoms. The summed E-state index contributed by atoms with van der Waals surface area (Å²) < 4.78 is 5.37. The summed E-state index contributed by atoms with van der Waals surface area (Å²) in [7, 11) is 0. The van der Waals surface area contributed by atoms with E-state index in [0.29, 0.717) is 6.04 Å². The van der Waals surface area contributed by atoms with Crippen molar-refractivity contribution < 1.29 is 4.42 Å². The molecule has 0 fully saturated rings. The lowest BCUT2D eigenvalue weighted by Gasteiger charge is -2.17. The highest BCUT2D eigenvalue weighted by molar-refractivity contribution is 4.98. The van der Waals surface area contributed by atoms with E-state index in [2.05, 4.69) is 25.2 Å². The van der Waals surface area contributed by atoms with Gasteiger partial charge in [0.25, 0.3) is 0 Å². The predicted octanol–water partition coefficient (Wildman–Crippen LogP) is 3.77. The van der Waals surface area contributed by atoms with E-state index in [9.17, 15) is 0 Å². The van der Waals surface area contributed by atoms with Crippen LogP contribution in [-0.2, 0) is 6.42 Å². The number of rotatable bonds is 9. The number of furan rings is 1. The quantitative estimate of drug-likeness (QED) is 0.689. The molecular weight excluding hydrogens is 198 g/mol. The molecule has 1 N–H and O–H groups in total. The van der Waals surface area contributed by atoms with Crippen LogP contribution >= 0.6 is 0 Å². The van der Waals surface area contributed by atoms with Crippen LogP contribution in [0.4, 0.5) is 0 Å². The number of hydrogen-bond acceptors (Lipinski definition) is 2. The first-order valence-corrected chi connectivity index (χ1v) is 6.62. The van der Waals surface area contributed by atoms with Crippen LogP contribution in [0.1, 0.15) is 51.7 Å². The highest BCUT2D eigenvalue weighted by atomic mass is 16.3. The van der Waals surface area contributed by atoms with Crippen LogP contribution in [0.15, 0.2) is 22.8 Å². The predicted molar refractivity (Wildman–Crippen MR) is 68.6 cm³/mol. The monoisotopic (exact) mass is 223 g/mol. The summed E-state index contributed by atoms with van der Waals surface area (Å²) in [5.74, 6) is 1.11. The van der Waals surface area contributed by atoms with Crippen LogP contribution in [0, 0.1) is 0 Å². The number of aryl methyl sites for hydroxylation is 1. The van der Waals surface area contributed by atoms with E-state index >= 15 is 0 Å². The van der Waals surface area contributed by atoms with Crippen molar-refractivity contribution in [2.45, 2.75) is 58.4 Å². The third-order valence-electron chi connectivity index (χ3n) is 2.91. The third-order valence-corrected chi connectivity index (χ3v) is 2.91. The molecule has 0 aromatic carbocycles. The third kappa shape index (κ3) is 5.36. The molecule has 1 heterocycles. The Morgan fingerprint density at radius 3 is 2.75 bits per heavy atom. The Kier molecular flexibility index (Phi) is 6.98. The van der Waals surface area contributed by atoms with Crippen molar-refractivity contribution in [3.63, 3.8) is 0 Å². The zero-order chi connectivity index (χ0) is 11.6. The van der Waals surface area contributed by atoms with E-state index in [0.717, 1.165) is 18.7 Å². The molecule has 2 nitrogen and oxygen atoms in total. The number of hydrogen-bond donors (Lipinski definition) is 1. The molecule has 1 atom stereocenters. The second-order valence-electron chi connectivity index (χ2n) is 4.41. The Morgan fingerprint density at radius 2 is 2.12 bits per heavy atom. The summed E-state index contributed by atoms with van der Waals surface area (Å²) in [4.78, 5) is 0. The zero-order valence-corrected chi connectivity index (χ0v) is 10.7. The van der Waals surface area contributed by atoms with Crippen molar-refractivity contribution in [1.82, 2.24) is 5.32 Å². The Morgan fingerprint density at radius 1 is 1.25 bits per heavy atom. The van der Waals surface area contributed by atoms with Gasteiger partial charge in [0.05, 0.1) is 6.26 Å². The maximum atomic E-state index is 5.37. The molecule has 0 aliphatic heterocycles. The van der Waals surface area contributed by atoms with E-state index in [1.54, 1.807) is 6.26 Å². The van der Waals surface area contributed by atoms with Crippen LogP contribution in [-0.4, -0.2) is 12.6 Å². The minimum atomic E-state index is 0.657. The minimum Gasteiger partial charge on any atom is -0.469 e. The van der Waals surface area contributed by atoms with Gasteiger partial charge in [-0.15, -0.1) is 0 Å². The van der Waals surface area contributed by atoms with E-state index in [-0.39, 0.29) is 0 Å². The molecule has 0 saturated carbocycles. The topological polar surface area (TPSA) is 25.2 Å². The Hall–Kier alpha value is -0.760. The van der Waals surface area contributed by atoms with Crippen molar-refractivity contribution in [3.05, 3.63) is 24.2 Å². The summed E-state index contributed by atoms with van der Waals surface area (Å²) in [6.07, 6.45) is 9.10. The van der Waals surface area contributed by atoms with Gasteiger partial charge < -0.3 is 9.73 Å². The molecule has 1 unspecified atom stereocenters. The molecule has 0 spiro atoms. The van der Waals surface area contributed by atoms with Gasteiger partial charge in [-0.3, -0.25) is 0 Å². The lowest BCUT2D eigenvalue weighted by Crippen LogP contribution is -2.30. The molecule has 16 heavy (non-hydrogen) atoms. The standard InChI is InChI=1S/C14H25NO/c1-3-5-7-13(15-11-4-2)9-10-14-8-6-12-16-14/h6,8,12-13,15H,3-5,7,9-11H2,1-2H3. The van der Waals surface area contributed by atoms with Gasteiger partial charge in [-0.2, -0.15) is 0 Å². The molecule has 0 radical (unpaired) electrons. The number of nitrogens with one attached hydrogen (secondary N) is 1. The molecule has 92 valence electrons. The van der Waals surface area contributed by atoms with E-state index in [4.69, 9.17) is 4.42 Å². The fourth-order valence-corrected chi connectivity index (χ4v) is 1.92. The van der Waals surface area contributed by atoms with Crippen LogP contribution < -0.4 is 5.32 Å². The second-order valence-corrected chi connectivity index (χ2v) is 4.41. The lowest BCUT2D eigenvalue weighted by molar-refractivity contribution is 0.417. The minimum absolute atomic E-state index is 0.657. The molecule has 2 heteroatoms. The second kappa shape index (κ2) is 8.40. The van der Waals surface area contributed by atoms with Gasteiger partial charge in [0.1, 0.15) is 5.76 Å². The summed E-state index contributed by atoms with van der Waals surface area (Å²) in [5.41, 5.74) is 0. The van der Waals surface area contributed by atoms with E-state index in [1.807, 2.05) is 6.07 Å². The summed E-state index contributed by atoms with van der Waals surface area (Å²) >= 11 is 0. The van der Waals surface area contributed by atoms with Crippen LogP contribution in [0.3, 0.4) is 0 Å². The molecule has 0 aliphatic rings. The van der Waals surface area contributed by atoms with E-state index < -0.39 is 0 Å². The molecule has 0 aliphatic carbocycles. The normalized spacial score (nSPS) is 12.9. The molecule has 1 aromatic heterocycles. The van der Waals surface area contributed by atoms with Crippen LogP contribution in [0.25, 0.3) is 0 Å². The summed E-state index contributed by atoms with van der Waals surface area (Å²) in [6.45, 7) is 5.60. The van der Waals surface area contributed by atoms with Crippen LogP contribution in [0.2, 0.25) is 0 Å². The summed E-state index contributed by atoms with van der Waals surface area (Å²) in [6, 6.07) is 4.69. The first kappa shape index (κ1) is 13.3.